The number of benzene rings is 1. The average molecular weight is 290 g/mol. The molecule has 0 aromatic heterocycles. The number of carbonyl (C=O) groups excluding carboxylic acids is 1. The highest BCUT2D eigenvalue weighted by Gasteiger charge is 2.50. The van der Waals surface area contributed by atoms with Crippen LogP contribution in [0.4, 0.5) is 0 Å². The van der Waals surface area contributed by atoms with Crippen molar-refractivity contribution in [2.75, 3.05) is 13.7 Å². The summed E-state index contributed by atoms with van der Waals surface area (Å²) in [7, 11) is 1.66. The van der Waals surface area contributed by atoms with Crippen LogP contribution < -0.4 is 9.47 Å². The Balaban J connectivity index is 2.18. The van der Waals surface area contributed by atoms with Gasteiger partial charge in [0.25, 0.3) is 0 Å². The lowest BCUT2D eigenvalue weighted by Gasteiger charge is -2.45. The fraction of sp³-hybridized carbons (Fsp3) is 0.611. The van der Waals surface area contributed by atoms with Gasteiger partial charge >= 0.3 is 0 Å². The Morgan fingerprint density at radius 1 is 1.29 bits per heavy atom. The predicted octanol–water partition coefficient (Wildman–Crippen LogP) is 4.35. The summed E-state index contributed by atoms with van der Waals surface area (Å²) >= 11 is 0. The molecule has 0 spiro atoms. The number of Topliss-reactive ketones (excluding diaryl/α,β-unsaturated/α-hetero) is 1. The van der Waals surface area contributed by atoms with Crippen molar-refractivity contribution in [1.82, 2.24) is 0 Å². The van der Waals surface area contributed by atoms with Crippen LogP contribution in [0.2, 0.25) is 0 Å². The van der Waals surface area contributed by atoms with E-state index in [1.165, 1.54) is 5.56 Å². The molecule has 0 amide bonds. The van der Waals surface area contributed by atoms with Crippen LogP contribution in [0.3, 0.4) is 0 Å². The minimum atomic E-state index is -0.213. The van der Waals surface area contributed by atoms with Crippen LogP contribution in [-0.4, -0.2) is 19.5 Å². The lowest BCUT2D eigenvalue weighted by atomic mass is 9.56. The molecule has 0 aliphatic heterocycles. The van der Waals surface area contributed by atoms with Gasteiger partial charge in [-0.1, -0.05) is 33.3 Å². The summed E-state index contributed by atoms with van der Waals surface area (Å²) in [5, 5.41) is 0. The zero-order valence-electron chi connectivity index (χ0n) is 13.6. The largest absolute Gasteiger partial charge is 0.493 e. The first-order valence-electron chi connectivity index (χ1n) is 7.90. The van der Waals surface area contributed by atoms with Gasteiger partial charge in [0.15, 0.2) is 11.5 Å². The molecule has 2 unspecified atom stereocenters. The molecule has 21 heavy (non-hydrogen) atoms. The number of carbonyl (C=O) groups is 1. The maximum absolute atomic E-state index is 11.9. The molecule has 0 saturated heterocycles. The summed E-state index contributed by atoms with van der Waals surface area (Å²) in [4.78, 5) is 11.9. The first-order chi connectivity index (χ1) is 10.1. The molecular weight excluding hydrogens is 264 g/mol. The van der Waals surface area contributed by atoms with Gasteiger partial charge in [-0.15, -0.1) is 0 Å². The van der Waals surface area contributed by atoms with Gasteiger partial charge in [0.05, 0.1) is 13.7 Å². The zero-order valence-corrected chi connectivity index (χ0v) is 13.6. The molecule has 0 heterocycles. The smallest absolute Gasteiger partial charge is 0.161 e. The van der Waals surface area contributed by atoms with E-state index in [1.807, 2.05) is 12.1 Å². The molecule has 1 aromatic rings. The fourth-order valence-electron chi connectivity index (χ4n) is 2.98. The van der Waals surface area contributed by atoms with E-state index in [0.29, 0.717) is 24.7 Å². The molecule has 0 radical (unpaired) electrons. The van der Waals surface area contributed by atoms with Crippen LogP contribution >= 0.6 is 0 Å². The van der Waals surface area contributed by atoms with Crippen LogP contribution in [0.25, 0.3) is 0 Å². The van der Waals surface area contributed by atoms with Crippen molar-refractivity contribution in [3.05, 3.63) is 23.8 Å². The molecule has 1 aromatic carbocycles. The van der Waals surface area contributed by atoms with Crippen molar-refractivity contribution >= 4 is 5.78 Å². The normalized spacial score (nSPS) is 24.6. The van der Waals surface area contributed by atoms with E-state index in [2.05, 4.69) is 26.8 Å². The lowest BCUT2D eigenvalue weighted by Crippen LogP contribution is -2.45. The van der Waals surface area contributed by atoms with Crippen molar-refractivity contribution < 1.29 is 14.3 Å². The maximum Gasteiger partial charge on any atom is 0.161 e. The van der Waals surface area contributed by atoms with Crippen molar-refractivity contribution in [3.63, 3.8) is 0 Å². The van der Waals surface area contributed by atoms with Crippen molar-refractivity contribution in [2.24, 2.45) is 5.41 Å². The van der Waals surface area contributed by atoms with E-state index < -0.39 is 0 Å². The summed E-state index contributed by atoms with van der Waals surface area (Å²) < 4.78 is 11.2. The number of rotatable bonds is 7. The number of hydrogen-bond donors (Lipinski definition) is 0. The van der Waals surface area contributed by atoms with Crippen molar-refractivity contribution in [3.8, 4) is 11.5 Å². The number of unbranched alkanes of at least 4 members (excludes halogenated alkanes) is 1. The molecule has 1 aliphatic carbocycles. The predicted molar refractivity (Wildman–Crippen MR) is 84.2 cm³/mol. The highest BCUT2D eigenvalue weighted by atomic mass is 16.5. The SMILES string of the molecule is CCCCOc1ccc(C2CC(=O)C2(C)CC)cc1OC. The van der Waals surface area contributed by atoms with E-state index in [0.717, 1.165) is 30.8 Å². The molecule has 0 bridgehead atoms. The van der Waals surface area contributed by atoms with Crippen LogP contribution in [0.1, 0.15) is 57.9 Å². The third-order valence-electron chi connectivity index (χ3n) is 4.88. The molecule has 116 valence electrons. The first-order valence-corrected chi connectivity index (χ1v) is 7.90. The fourth-order valence-corrected chi connectivity index (χ4v) is 2.98. The minimum Gasteiger partial charge on any atom is -0.493 e. The number of hydrogen-bond acceptors (Lipinski definition) is 3. The highest BCUT2D eigenvalue weighted by molar-refractivity contribution is 5.93. The third kappa shape index (κ3) is 2.92. The van der Waals surface area contributed by atoms with E-state index in [4.69, 9.17) is 9.47 Å². The quantitative estimate of drug-likeness (QED) is 0.700. The molecular formula is C18H26O3. The Kier molecular flexibility index (Phi) is 4.92. The standard InChI is InChI=1S/C18H26O3/c1-5-7-10-21-15-9-8-13(11-16(15)20-4)14-12-17(19)18(14,3)6-2/h8-9,11,14H,5-7,10,12H2,1-4H3. The summed E-state index contributed by atoms with van der Waals surface area (Å²) in [5.74, 6) is 2.23. The van der Waals surface area contributed by atoms with Gasteiger partial charge in [-0.05, 0) is 30.5 Å². The summed E-state index contributed by atoms with van der Waals surface area (Å²) in [6.45, 7) is 7.01. The Hall–Kier alpha value is -1.51. The number of methoxy groups -OCH3 is 1. The van der Waals surface area contributed by atoms with Gasteiger partial charge in [-0.25, -0.2) is 0 Å². The van der Waals surface area contributed by atoms with Crippen LogP contribution in [0.5, 0.6) is 11.5 Å². The molecule has 1 saturated carbocycles. The monoisotopic (exact) mass is 290 g/mol. The molecule has 3 heteroatoms. The number of ketones is 1. The molecule has 1 aliphatic rings. The maximum atomic E-state index is 11.9. The second-order valence-corrected chi connectivity index (χ2v) is 6.06. The average Bonchev–Trinajstić information content (AvgIpc) is 2.52. The summed E-state index contributed by atoms with van der Waals surface area (Å²) in [6, 6.07) is 6.09. The highest BCUT2D eigenvalue weighted by Crippen LogP contribution is 2.52. The zero-order chi connectivity index (χ0) is 15.5. The summed E-state index contributed by atoms with van der Waals surface area (Å²) in [6.07, 6.45) is 3.67. The Morgan fingerprint density at radius 2 is 2.05 bits per heavy atom. The van der Waals surface area contributed by atoms with Gasteiger partial charge in [0.2, 0.25) is 0 Å². The molecule has 2 atom stereocenters. The van der Waals surface area contributed by atoms with E-state index >= 15 is 0 Å². The second-order valence-electron chi connectivity index (χ2n) is 6.06. The van der Waals surface area contributed by atoms with Gasteiger partial charge < -0.3 is 9.47 Å². The van der Waals surface area contributed by atoms with E-state index in [-0.39, 0.29) is 5.41 Å². The molecule has 2 rings (SSSR count). The molecule has 0 N–H and O–H groups in total. The Morgan fingerprint density at radius 3 is 2.62 bits per heavy atom. The second kappa shape index (κ2) is 6.50. The molecule has 3 nitrogen and oxygen atoms in total. The van der Waals surface area contributed by atoms with Gasteiger partial charge in [-0.3, -0.25) is 4.79 Å². The van der Waals surface area contributed by atoms with Gasteiger partial charge in [-0.2, -0.15) is 0 Å². The van der Waals surface area contributed by atoms with Gasteiger partial charge in [0, 0.05) is 17.8 Å². The van der Waals surface area contributed by atoms with E-state index in [1.54, 1.807) is 7.11 Å². The van der Waals surface area contributed by atoms with E-state index in [9.17, 15) is 4.79 Å². The first kappa shape index (κ1) is 15.9. The number of ether oxygens (including phenoxy) is 2. The third-order valence-corrected chi connectivity index (χ3v) is 4.88. The van der Waals surface area contributed by atoms with Crippen LogP contribution in [-0.2, 0) is 4.79 Å². The minimum absolute atomic E-state index is 0.213. The Labute approximate surface area is 127 Å². The lowest BCUT2D eigenvalue weighted by molar-refractivity contribution is -0.139. The van der Waals surface area contributed by atoms with Crippen molar-refractivity contribution in [1.29, 1.82) is 0 Å². The Bertz CT molecular complexity index is 509. The van der Waals surface area contributed by atoms with Crippen LogP contribution in [0, 0.1) is 5.41 Å². The van der Waals surface area contributed by atoms with Gasteiger partial charge in [0.1, 0.15) is 5.78 Å². The van der Waals surface area contributed by atoms with Crippen molar-refractivity contribution in [2.45, 2.75) is 52.4 Å². The molecule has 1 fully saturated rings. The summed E-state index contributed by atoms with van der Waals surface area (Å²) in [5.41, 5.74) is 0.967. The van der Waals surface area contributed by atoms with Crippen LogP contribution in [0.15, 0.2) is 18.2 Å². The topological polar surface area (TPSA) is 35.5 Å².